The number of nitrogens with zero attached hydrogens (tertiary/aromatic N) is 1. The lowest BCUT2D eigenvalue weighted by molar-refractivity contribution is 0.159. The van der Waals surface area contributed by atoms with Crippen molar-refractivity contribution in [3.8, 4) is 0 Å². The lowest BCUT2D eigenvalue weighted by Crippen LogP contribution is -2.29. The summed E-state index contributed by atoms with van der Waals surface area (Å²) in [4.78, 5) is 12.8. The summed E-state index contributed by atoms with van der Waals surface area (Å²) in [6.45, 7) is 1.16. The fourth-order valence-electron chi connectivity index (χ4n) is 2.12. The predicted octanol–water partition coefficient (Wildman–Crippen LogP) is 4.86. The molecule has 1 amide bonds. The van der Waals surface area contributed by atoms with E-state index in [1.807, 2.05) is 47.4 Å². The molecule has 0 aliphatic heterocycles. The normalized spacial score (nSPS) is 10.4. The molecule has 0 saturated carbocycles. The molecule has 0 fully saturated rings. The first-order valence-corrected chi connectivity index (χ1v) is 8.38. The molecule has 0 unspecified atom stereocenters. The zero-order valence-corrected chi connectivity index (χ0v) is 15.2. The molecule has 0 saturated heterocycles. The quantitative estimate of drug-likeness (QED) is 0.730. The standard InChI is InChI=1S/C16H15BrCl2N2O2/c17-13-6-5-12(18)9-11(13)10-21(7-8-23-16(20)22)15-4-2-1-3-14(15)19/h1-6,9H,7-8,10H2,(H2,20,22). The maximum atomic E-state index is 10.8. The molecule has 0 heterocycles. The van der Waals surface area contributed by atoms with Crippen LogP contribution in [-0.4, -0.2) is 19.2 Å². The number of nitrogens with two attached hydrogens (primary N) is 1. The molecule has 0 aliphatic rings. The second-order valence-electron chi connectivity index (χ2n) is 4.78. The van der Waals surface area contributed by atoms with Crippen molar-refractivity contribution < 1.29 is 9.53 Å². The Morgan fingerprint density at radius 3 is 2.65 bits per heavy atom. The van der Waals surface area contributed by atoms with E-state index in [9.17, 15) is 4.79 Å². The molecule has 2 aromatic rings. The number of primary amides is 1. The Morgan fingerprint density at radius 2 is 1.96 bits per heavy atom. The molecule has 0 atom stereocenters. The molecule has 23 heavy (non-hydrogen) atoms. The third kappa shape index (κ3) is 5.30. The van der Waals surface area contributed by atoms with E-state index in [0.717, 1.165) is 15.7 Å². The average Bonchev–Trinajstić information content (AvgIpc) is 2.50. The smallest absolute Gasteiger partial charge is 0.404 e. The van der Waals surface area contributed by atoms with Gasteiger partial charge in [0, 0.05) is 16.0 Å². The minimum atomic E-state index is -0.798. The molecule has 0 aromatic heterocycles. The second-order valence-corrected chi connectivity index (χ2v) is 6.47. The van der Waals surface area contributed by atoms with Crippen molar-refractivity contribution in [1.82, 2.24) is 0 Å². The van der Waals surface area contributed by atoms with Gasteiger partial charge in [-0.1, -0.05) is 51.3 Å². The molecule has 0 spiro atoms. The summed E-state index contributed by atoms with van der Waals surface area (Å²) in [5.41, 5.74) is 6.85. The van der Waals surface area contributed by atoms with Crippen LogP contribution in [0.5, 0.6) is 0 Å². The van der Waals surface area contributed by atoms with E-state index in [1.54, 1.807) is 0 Å². The van der Waals surface area contributed by atoms with Gasteiger partial charge in [-0.05, 0) is 35.9 Å². The highest BCUT2D eigenvalue weighted by Crippen LogP contribution is 2.29. The van der Waals surface area contributed by atoms with Crippen LogP contribution >= 0.6 is 39.1 Å². The lowest BCUT2D eigenvalue weighted by Gasteiger charge is -2.26. The van der Waals surface area contributed by atoms with Gasteiger partial charge in [-0.2, -0.15) is 0 Å². The first-order chi connectivity index (χ1) is 11.0. The van der Waals surface area contributed by atoms with Gasteiger partial charge in [0.05, 0.1) is 17.3 Å². The predicted molar refractivity (Wildman–Crippen MR) is 97.2 cm³/mol. The minimum absolute atomic E-state index is 0.165. The number of benzene rings is 2. The Bertz CT molecular complexity index is 698. The number of halogens is 3. The van der Waals surface area contributed by atoms with Crippen LogP contribution in [0.3, 0.4) is 0 Å². The summed E-state index contributed by atoms with van der Waals surface area (Å²) in [6.07, 6.45) is -0.798. The first-order valence-electron chi connectivity index (χ1n) is 6.83. The van der Waals surface area contributed by atoms with Gasteiger partial charge in [-0.15, -0.1) is 0 Å². The third-order valence-corrected chi connectivity index (χ3v) is 4.50. The van der Waals surface area contributed by atoms with Crippen LogP contribution in [0.25, 0.3) is 0 Å². The van der Waals surface area contributed by atoms with Gasteiger partial charge in [-0.25, -0.2) is 4.79 Å². The van der Waals surface area contributed by atoms with E-state index in [0.29, 0.717) is 23.1 Å². The molecular weight excluding hydrogens is 403 g/mol. The van der Waals surface area contributed by atoms with Gasteiger partial charge in [-0.3, -0.25) is 0 Å². The maximum absolute atomic E-state index is 10.8. The average molecular weight is 418 g/mol. The van der Waals surface area contributed by atoms with E-state index in [2.05, 4.69) is 15.9 Å². The van der Waals surface area contributed by atoms with Crippen molar-refractivity contribution in [2.45, 2.75) is 6.54 Å². The number of carbonyl (C=O) groups excluding carboxylic acids is 1. The molecule has 0 radical (unpaired) electrons. The monoisotopic (exact) mass is 416 g/mol. The topological polar surface area (TPSA) is 55.6 Å². The highest BCUT2D eigenvalue weighted by molar-refractivity contribution is 9.10. The SMILES string of the molecule is NC(=O)OCCN(Cc1cc(Cl)ccc1Br)c1ccccc1Cl. The molecule has 7 heteroatoms. The molecule has 0 aliphatic carbocycles. The Kier molecular flexibility index (Phi) is 6.57. The van der Waals surface area contributed by atoms with Crippen LogP contribution in [-0.2, 0) is 11.3 Å². The number of carbonyl (C=O) groups is 1. The summed E-state index contributed by atoms with van der Waals surface area (Å²) >= 11 is 15.9. The Balaban J connectivity index is 2.24. The van der Waals surface area contributed by atoms with E-state index in [-0.39, 0.29) is 6.61 Å². The van der Waals surface area contributed by atoms with Crippen molar-refractivity contribution in [3.05, 3.63) is 62.5 Å². The number of rotatable bonds is 6. The number of amides is 1. The summed E-state index contributed by atoms with van der Waals surface area (Å²) < 4.78 is 5.78. The van der Waals surface area contributed by atoms with Gasteiger partial charge >= 0.3 is 6.09 Å². The van der Waals surface area contributed by atoms with E-state index in [1.165, 1.54) is 0 Å². The van der Waals surface area contributed by atoms with Crippen LogP contribution < -0.4 is 10.6 Å². The van der Waals surface area contributed by atoms with Crippen LogP contribution in [0, 0.1) is 0 Å². The number of hydrogen-bond donors (Lipinski definition) is 1. The molecule has 0 bridgehead atoms. The van der Waals surface area contributed by atoms with E-state index in [4.69, 9.17) is 33.7 Å². The summed E-state index contributed by atoms with van der Waals surface area (Å²) in [5.74, 6) is 0. The molecule has 122 valence electrons. The molecule has 2 aromatic carbocycles. The zero-order chi connectivity index (χ0) is 16.8. The van der Waals surface area contributed by atoms with Gasteiger partial charge < -0.3 is 15.4 Å². The number of ether oxygens (including phenoxy) is 1. The highest BCUT2D eigenvalue weighted by Gasteiger charge is 2.13. The first kappa shape index (κ1) is 17.9. The summed E-state index contributed by atoms with van der Waals surface area (Å²) in [7, 11) is 0. The van der Waals surface area contributed by atoms with Gasteiger partial charge in [0.2, 0.25) is 0 Å². The minimum Gasteiger partial charge on any atom is -0.448 e. The van der Waals surface area contributed by atoms with Gasteiger partial charge in [0.15, 0.2) is 0 Å². The summed E-state index contributed by atoms with van der Waals surface area (Å²) in [5, 5.41) is 1.26. The number of hydrogen-bond acceptors (Lipinski definition) is 3. The van der Waals surface area contributed by atoms with Gasteiger partial charge in [0.25, 0.3) is 0 Å². The van der Waals surface area contributed by atoms with Crippen LogP contribution in [0.1, 0.15) is 5.56 Å². The van der Waals surface area contributed by atoms with Crippen LogP contribution in [0.4, 0.5) is 10.5 Å². The number of anilines is 1. The molecule has 2 N–H and O–H groups in total. The zero-order valence-electron chi connectivity index (χ0n) is 12.1. The largest absolute Gasteiger partial charge is 0.448 e. The van der Waals surface area contributed by atoms with Gasteiger partial charge in [0.1, 0.15) is 6.61 Å². The fraction of sp³-hybridized carbons (Fsp3) is 0.188. The van der Waals surface area contributed by atoms with Crippen molar-refractivity contribution in [2.75, 3.05) is 18.1 Å². The van der Waals surface area contributed by atoms with Crippen molar-refractivity contribution in [2.24, 2.45) is 5.73 Å². The molecular formula is C16H15BrCl2N2O2. The molecule has 4 nitrogen and oxygen atoms in total. The third-order valence-electron chi connectivity index (χ3n) is 3.17. The number of para-hydroxylation sites is 1. The Labute approximate surface area is 153 Å². The summed E-state index contributed by atoms with van der Waals surface area (Å²) in [6, 6.07) is 13.1. The molecule has 2 rings (SSSR count). The van der Waals surface area contributed by atoms with Crippen molar-refractivity contribution in [1.29, 1.82) is 0 Å². The van der Waals surface area contributed by atoms with Crippen molar-refractivity contribution in [3.63, 3.8) is 0 Å². The fourth-order valence-corrected chi connectivity index (χ4v) is 2.94. The van der Waals surface area contributed by atoms with Crippen LogP contribution in [0.15, 0.2) is 46.9 Å². The maximum Gasteiger partial charge on any atom is 0.404 e. The highest BCUT2D eigenvalue weighted by atomic mass is 79.9. The van der Waals surface area contributed by atoms with E-state index >= 15 is 0 Å². The Morgan fingerprint density at radius 1 is 1.22 bits per heavy atom. The van der Waals surface area contributed by atoms with Crippen LogP contribution in [0.2, 0.25) is 10.0 Å². The Hall–Kier alpha value is -1.43. The van der Waals surface area contributed by atoms with E-state index < -0.39 is 6.09 Å². The van der Waals surface area contributed by atoms with Crippen molar-refractivity contribution >= 4 is 50.9 Å². The second kappa shape index (κ2) is 8.43. The lowest BCUT2D eigenvalue weighted by atomic mass is 10.2.